The van der Waals surface area contributed by atoms with E-state index in [1.54, 1.807) is 6.26 Å². The lowest BCUT2D eigenvalue weighted by atomic mass is 9.85. The summed E-state index contributed by atoms with van der Waals surface area (Å²) in [6, 6.07) is 3.93. The van der Waals surface area contributed by atoms with Gasteiger partial charge in [-0.15, -0.1) is 11.8 Å². The van der Waals surface area contributed by atoms with Crippen molar-refractivity contribution < 1.29 is 19.1 Å². The lowest BCUT2D eigenvalue weighted by molar-refractivity contribution is -0.142. The van der Waals surface area contributed by atoms with Crippen LogP contribution in [0.1, 0.15) is 38.5 Å². The molecule has 0 radical (unpaired) electrons. The largest absolute Gasteiger partial charge is 0.468 e. The highest BCUT2D eigenvalue weighted by Crippen LogP contribution is 2.38. The van der Waals surface area contributed by atoms with Crippen molar-refractivity contribution in [1.82, 2.24) is 0 Å². The maximum atomic E-state index is 12.1. The second kappa shape index (κ2) is 10.6. The van der Waals surface area contributed by atoms with Crippen molar-refractivity contribution in [3.63, 3.8) is 0 Å². The molecule has 0 saturated heterocycles. The molecule has 0 aliphatic heterocycles. The monoisotopic (exact) mass is 362 g/mol. The smallest absolute Gasteiger partial charge is 0.349 e. The van der Waals surface area contributed by atoms with E-state index in [2.05, 4.69) is 0 Å². The summed E-state index contributed by atoms with van der Waals surface area (Å²) in [5, 5.41) is 18.9. The van der Waals surface area contributed by atoms with E-state index in [9.17, 15) is 20.1 Å². The van der Waals surface area contributed by atoms with Gasteiger partial charge >= 0.3 is 11.9 Å². The van der Waals surface area contributed by atoms with Gasteiger partial charge in [-0.25, -0.2) is 4.79 Å². The number of ether oxygens (including phenoxy) is 2. The van der Waals surface area contributed by atoms with Gasteiger partial charge < -0.3 is 9.47 Å². The van der Waals surface area contributed by atoms with Gasteiger partial charge in [0, 0.05) is 4.91 Å². The number of nitrogens with zero attached hydrogens (tertiary/aromatic N) is 2. The van der Waals surface area contributed by atoms with Gasteiger partial charge in [0.1, 0.15) is 6.07 Å². The number of hydrogen-bond donors (Lipinski definition) is 0. The molecule has 1 aliphatic carbocycles. The minimum absolute atomic E-state index is 0.0929. The van der Waals surface area contributed by atoms with Crippen LogP contribution in [0.5, 0.6) is 0 Å². The summed E-state index contributed by atoms with van der Waals surface area (Å²) >= 11 is 1.26. The zero-order chi connectivity index (χ0) is 18.8. The Bertz CT molecular complexity index is 668. The lowest BCUT2D eigenvalue weighted by Crippen LogP contribution is -2.20. The highest BCUT2D eigenvalue weighted by Gasteiger charge is 2.30. The molecule has 1 aliphatic rings. The first-order valence-electron chi connectivity index (χ1n) is 8.02. The Labute approximate surface area is 152 Å². The highest BCUT2D eigenvalue weighted by atomic mass is 32.2. The van der Waals surface area contributed by atoms with Crippen molar-refractivity contribution in [2.45, 2.75) is 38.5 Å². The summed E-state index contributed by atoms with van der Waals surface area (Å²) in [5.41, 5.74) is 1.28. The van der Waals surface area contributed by atoms with Crippen LogP contribution in [0.4, 0.5) is 0 Å². The topological polar surface area (TPSA) is 100 Å². The molecule has 0 bridgehead atoms. The number of nitriles is 2. The lowest BCUT2D eigenvalue weighted by Gasteiger charge is -2.22. The van der Waals surface area contributed by atoms with E-state index >= 15 is 0 Å². The van der Waals surface area contributed by atoms with Crippen LogP contribution in [-0.4, -0.2) is 32.4 Å². The maximum Gasteiger partial charge on any atom is 0.349 e. The molecule has 0 heterocycles. The van der Waals surface area contributed by atoms with Crippen LogP contribution in [0.2, 0.25) is 0 Å². The fourth-order valence-electron chi connectivity index (χ4n) is 2.92. The molecule has 6 nitrogen and oxygen atoms in total. The molecule has 0 spiro atoms. The third-order valence-electron chi connectivity index (χ3n) is 4.13. The standard InChI is InChI=1S/C18H22N2O4S/c1-23-17(21)14(10-19)12-8-6-4-5-7-9-13(12)16(25-3)15(11-20)18(22)24-2/h14H,4-9H2,1-3H3/b13-12-,16-15+. The van der Waals surface area contributed by atoms with Crippen LogP contribution in [0.15, 0.2) is 21.6 Å². The van der Waals surface area contributed by atoms with E-state index in [4.69, 9.17) is 9.47 Å². The Morgan fingerprint density at radius 1 is 1.08 bits per heavy atom. The van der Waals surface area contributed by atoms with Gasteiger partial charge in [0.15, 0.2) is 11.5 Å². The van der Waals surface area contributed by atoms with Crippen molar-refractivity contribution in [2.75, 3.05) is 20.5 Å². The molecule has 0 aromatic rings. The third-order valence-corrected chi connectivity index (χ3v) is 4.99. The number of esters is 2. The number of thioether (sulfide) groups is 1. The summed E-state index contributed by atoms with van der Waals surface area (Å²) in [6.45, 7) is 0. The minimum Gasteiger partial charge on any atom is -0.468 e. The molecule has 0 amide bonds. The van der Waals surface area contributed by atoms with E-state index in [0.29, 0.717) is 23.3 Å². The zero-order valence-electron chi connectivity index (χ0n) is 14.8. The highest BCUT2D eigenvalue weighted by molar-refractivity contribution is 8.02. The minimum atomic E-state index is -1.03. The molecule has 0 saturated carbocycles. The number of hydrogen-bond acceptors (Lipinski definition) is 7. The number of rotatable bonds is 5. The van der Waals surface area contributed by atoms with E-state index in [1.807, 2.05) is 12.1 Å². The number of methoxy groups -OCH3 is 2. The Morgan fingerprint density at radius 3 is 2.20 bits per heavy atom. The van der Waals surface area contributed by atoms with Gasteiger partial charge in [0.05, 0.1) is 20.3 Å². The van der Waals surface area contributed by atoms with Gasteiger partial charge in [-0.2, -0.15) is 10.5 Å². The molecule has 25 heavy (non-hydrogen) atoms. The van der Waals surface area contributed by atoms with E-state index in [-0.39, 0.29) is 5.57 Å². The maximum absolute atomic E-state index is 12.1. The van der Waals surface area contributed by atoms with Crippen molar-refractivity contribution in [2.24, 2.45) is 5.92 Å². The predicted octanol–water partition coefficient (Wildman–Crippen LogP) is 3.26. The van der Waals surface area contributed by atoms with Crippen LogP contribution < -0.4 is 0 Å². The second-order valence-electron chi connectivity index (χ2n) is 5.51. The first-order chi connectivity index (χ1) is 12.0. The molecule has 134 valence electrons. The quantitative estimate of drug-likeness (QED) is 0.420. The molecular formula is C18H22N2O4S. The Morgan fingerprint density at radius 2 is 1.72 bits per heavy atom. The molecule has 7 heteroatoms. The van der Waals surface area contributed by atoms with E-state index in [1.165, 1.54) is 26.0 Å². The van der Waals surface area contributed by atoms with Crippen molar-refractivity contribution in [3.05, 3.63) is 21.6 Å². The van der Waals surface area contributed by atoms with Crippen LogP contribution in [0.25, 0.3) is 0 Å². The number of allylic oxidation sites excluding steroid dienone is 1. The van der Waals surface area contributed by atoms with Crippen LogP contribution in [0, 0.1) is 28.6 Å². The molecule has 0 aromatic carbocycles. The predicted molar refractivity (Wildman–Crippen MR) is 94.0 cm³/mol. The SMILES string of the molecule is COC(=O)/C(C#N)=C(SC)\C1=C(/C(C#N)C(=O)OC)CCCCCC1. The van der Waals surface area contributed by atoms with Crippen LogP contribution >= 0.6 is 11.8 Å². The fourth-order valence-corrected chi connectivity index (χ4v) is 3.73. The van der Waals surface area contributed by atoms with Crippen molar-refractivity contribution in [3.8, 4) is 12.1 Å². The molecule has 1 unspecified atom stereocenters. The summed E-state index contributed by atoms with van der Waals surface area (Å²) in [6.07, 6.45) is 6.66. The van der Waals surface area contributed by atoms with E-state index < -0.39 is 17.9 Å². The van der Waals surface area contributed by atoms with E-state index in [0.717, 1.165) is 31.3 Å². The van der Waals surface area contributed by atoms with Gasteiger partial charge in [0.2, 0.25) is 0 Å². The van der Waals surface area contributed by atoms with Crippen LogP contribution in [0.3, 0.4) is 0 Å². The van der Waals surface area contributed by atoms with Crippen molar-refractivity contribution >= 4 is 23.7 Å². The summed E-state index contributed by atoms with van der Waals surface area (Å²) < 4.78 is 9.48. The molecule has 0 aromatic heterocycles. The average molecular weight is 362 g/mol. The first-order valence-corrected chi connectivity index (χ1v) is 9.24. The Hall–Kier alpha value is -2.25. The van der Waals surface area contributed by atoms with Gasteiger partial charge in [-0.05, 0) is 43.1 Å². The van der Waals surface area contributed by atoms with Gasteiger partial charge in [-0.3, -0.25) is 4.79 Å². The second-order valence-corrected chi connectivity index (χ2v) is 6.33. The molecule has 1 rings (SSSR count). The normalized spacial score (nSPS) is 20.0. The van der Waals surface area contributed by atoms with Gasteiger partial charge in [-0.1, -0.05) is 12.8 Å². The third kappa shape index (κ3) is 5.11. The number of carbonyl (C=O) groups excluding carboxylic acids is 2. The summed E-state index contributed by atoms with van der Waals surface area (Å²) in [7, 11) is 2.47. The summed E-state index contributed by atoms with van der Waals surface area (Å²) in [4.78, 5) is 24.5. The van der Waals surface area contributed by atoms with Gasteiger partial charge in [0.25, 0.3) is 0 Å². The molecule has 0 N–H and O–H groups in total. The average Bonchev–Trinajstić information content (AvgIpc) is 2.61. The Balaban J connectivity index is 3.65. The first kappa shape index (κ1) is 20.8. The number of carbonyl (C=O) groups is 2. The molecule has 1 atom stereocenters. The zero-order valence-corrected chi connectivity index (χ0v) is 15.6. The van der Waals surface area contributed by atoms with Crippen molar-refractivity contribution in [1.29, 1.82) is 10.5 Å². The Kier molecular flexibility index (Phi) is 8.80. The summed E-state index contributed by atoms with van der Waals surface area (Å²) in [5.74, 6) is -2.36. The van der Waals surface area contributed by atoms with Crippen LogP contribution in [-0.2, 0) is 19.1 Å². The molecular weight excluding hydrogens is 340 g/mol. The fraction of sp³-hybridized carbons (Fsp3) is 0.556. The molecule has 0 fully saturated rings.